The van der Waals surface area contributed by atoms with E-state index in [2.05, 4.69) is 16.0 Å². The van der Waals surface area contributed by atoms with Crippen molar-refractivity contribution >= 4 is 23.3 Å². The molecule has 88 valence electrons. The smallest absolute Gasteiger partial charge is 0.320 e. The molecule has 3 N–H and O–H groups in total. The molecule has 0 radical (unpaired) electrons. The minimum atomic E-state index is -0.446. The summed E-state index contributed by atoms with van der Waals surface area (Å²) < 4.78 is 0. The first-order chi connectivity index (χ1) is 8.11. The number of rotatable bonds is 3. The number of nitriles is 1. The maximum absolute atomic E-state index is 11.2. The van der Waals surface area contributed by atoms with E-state index in [4.69, 9.17) is 5.26 Å². The fourth-order valence-electron chi connectivity index (χ4n) is 1.14. The lowest BCUT2D eigenvalue weighted by molar-refractivity contribution is -0.114. The molecular formula is C11H12N4O2. The summed E-state index contributed by atoms with van der Waals surface area (Å²) in [5.41, 5.74) is 1.23. The highest BCUT2D eigenvalue weighted by Gasteiger charge is 2.00. The number of urea groups is 1. The highest BCUT2D eigenvalue weighted by atomic mass is 16.2. The van der Waals surface area contributed by atoms with Crippen LogP contribution in [0.3, 0.4) is 0 Å². The fourth-order valence-corrected chi connectivity index (χ4v) is 1.14. The molecule has 1 rings (SSSR count). The van der Waals surface area contributed by atoms with Crippen molar-refractivity contribution in [1.29, 1.82) is 5.26 Å². The van der Waals surface area contributed by atoms with E-state index in [9.17, 15) is 9.59 Å². The van der Waals surface area contributed by atoms with Crippen molar-refractivity contribution in [2.45, 2.75) is 6.92 Å². The first kappa shape index (κ1) is 12.5. The van der Waals surface area contributed by atoms with Gasteiger partial charge in [0.05, 0.1) is 6.07 Å². The van der Waals surface area contributed by atoms with Crippen LogP contribution in [0.15, 0.2) is 24.3 Å². The number of amides is 3. The Kier molecular flexibility index (Phi) is 4.51. The minimum Gasteiger partial charge on any atom is -0.326 e. The van der Waals surface area contributed by atoms with Crippen LogP contribution >= 0.6 is 0 Å². The predicted octanol–water partition coefficient (Wildman–Crippen LogP) is 1.29. The van der Waals surface area contributed by atoms with E-state index in [0.29, 0.717) is 11.4 Å². The Morgan fingerprint density at radius 2 is 1.71 bits per heavy atom. The molecule has 0 bridgehead atoms. The summed E-state index contributed by atoms with van der Waals surface area (Å²) in [6.45, 7) is 1.37. The first-order valence-electron chi connectivity index (χ1n) is 4.91. The molecule has 0 spiro atoms. The Morgan fingerprint density at radius 3 is 2.18 bits per heavy atom. The summed E-state index contributed by atoms with van der Waals surface area (Å²) in [5, 5.41) is 15.8. The van der Waals surface area contributed by atoms with Gasteiger partial charge in [-0.15, -0.1) is 0 Å². The number of carbonyl (C=O) groups excluding carboxylic acids is 2. The molecule has 0 aliphatic rings. The number of carbonyl (C=O) groups is 2. The Balaban J connectivity index is 2.53. The van der Waals surface area contributed by atoms with E-state index in [-0.39, 0.29) is 12.5 Å². The van der Waals surface area contributed by atoms with Crippen molar-refractivity contribution in [2.75, 3.05) is 17.2 Å². The normalized spacial score (nSPS) is 8.94. The molecule has 6 nitrogen and oxygen atoms in total. The molecule has 0 unspecified atom stereocenters. The molecule has 3 amide bonds. The summed E-state index contributed by atoms with van der Waals surface area (Å²) in [5.74, 6) is -0.155. The molecule has 6 heteroatoms. The van der Waals surface area contributed by atoms with Gasteiger partial charge in [0.2, 0.25) is 5.91 Å². The molecular weight excluding hydrogens is 220 g/mol. The lowest BCUT2D eigenvalue weighted by Gasteiger charge is -2.06. The molecule has 0 saturated heterocycles. The van der Waals surface area contributed by atoms with Crippen molar-refractivity contribution in [2.24, 2.45) is 0 Å². The summed E-state index contributed by atoms with van der Waals surface area (Å²) in [7, 11) is 0. The maximum Gasteiger partial charge on any atom is 0.320 e. The lowest BCUT2D eigenvalue weighted by Crippen LogP contribution is -2.28. The van der Waals surface area contributed by atoms with Crippen molar-refractivity contribution in [1.82, 2.24) is 5.32 Å². The van der Waals surface area contributed by atoms with Crippen LogP contribution < -0.4 is 16.0 Å². The third-order valence-electron chi connectivity index (χ3n) is 1.79. The average Bonchev–Trinajstić information content (AvgIpc) is 2.28. The number of nitrogens with zero attached hydrogens (tertiary/aromatic N) is 1. The highest BCUT2D eigenvalue weighted by Crippen LogP contribution is 2.13. The third-order valence-corrected chi connectivity index (χ3v) is 1.79. The summed E-state index contributed by atoms with van der Waals surface area (Å²) in [6, 6.07) is 7.99. The third kappa shape index (κ3) is 4.66. The van der Waals surface area contributed by atoms with Crippen LogP contribution in [0.5, 0.6) is 0 Å². The van der Waals surface area contributed by atoms with Crippen LogP contribution in [0.1, 0.15) is 6.92 Å². The van der Waals surface area contributed by atoms with Crippen LogP contribution in [0.25, 0.3) is 0 Å². The Bertz CT molecular complexity index is 448. The Labute approximate surface area is 98.6 Å². The van der Waals surface area contributed by atoms with E-state index >= 15 is 0 Å². The fraction of sp³-hybridized carbons (Fsp3) is 0.182. The zero-order valence-electron chi connectivity index (χ0n) is 9.28. The van der Waals surface area contributed by atoms with Crippen LogP contribution in [-0.2, 0) is 4.79 Å². The molecule has 0 fully saturated rings. The van der Waals surface area contributed by atoms with Crippen molar-refractivity contribution in [3.8, 4) is 6.07 Å². The number of anilines is 2. The van der Waals surface area contributed by atoms with Gasteiger partial charge in [0.25, 0.3) is 0 Å². The number of hydrogen-bond donors (Lipinski definition) is 3. The van der Waals surface area contributed by atoms with Crippen molar-refractivity contribution in [3.05, 3.63) is 24.3 Å². The predicted molar refractivity (Wildman–Crippen MR) is 63.4 cm³/mol. The van der Waals surface area contributed by atoms with Gasteiger partial charge in [-0.05, 0) is 24.3 Å². The van der Waals surface area contributed by atoms with Crippen LogP contribution in [0, 0.1) is 11.3 Å². The van der Waals surface area contributed by atoms with E-state index in [1.807, 2.05) is 0 Å². The van der Waals surface area contributed by atoms with Gasteiger partial charge in [0.15, 0.2) is 0 Å². The summed E-state index contributed by atoms with van der Waals surface area (Å²) >= 11 is 0. The first-order valence-corrected chi connectivity index (χ1v) is 4.91. The van der Waals surface area contributed by atoms with E-state index in [1.165, 1.54) is 6.92 Å². The van der Waals surface area contributed by atoms with Crippen molar-refractivity contribution in [3.63, 3.8) is 0 Å². The summed E-state index contributed by atoms with van der Waals surface area (Å²) in [4.78, 5) is 22.0. The zero-order chi connectivity index (χ0) is 12.7. The number of benzene rings is 1. The van der Waals surface area contributed by atoms with Gasteiger partial charge in [-0.2, -0.15) is 5.26 Å². The van der Waals surface area contributed by atoms with Crippen molar-refractivity contribution < 1.29 is 9.59 Å². The van der Waals surface area contributed by atoms with Gasteiger partial charge >= 0.3 is 6.03 Å². The number of nitrogens with one attached hydrogen (secondary N) is 3. The molecule has 0 aliphatic carbocycles. The van der Waals surface area contributed by atoms with Gasteiger partial charge < -0.3 is 16.0 Å². The quantitative estimate of drug-likeness (QED) is 0.685. The SMILES string of the molecule is CC(=O)Nc1ccc(NC(=O)NCC#N)cc1. The zero-order valence-corrected chi connectivity index (χ0v) is 9.28. The molecule has 1 aromatic carbocycles. The van der Waals surface area contributed by atoms with Gasteiger partial charge in [-0.25, -0.2) is 4.79 Å². The standard InChI is InChI=1S/C11H12N4O2/c1-8(16)14-9-2-4-10(5-3-9)15-11(17)13-7-6-12/h2-5H,7H2,1H3,(H,14,16)(H2,13,15,17). The monoisotopic (exact) mass is 232 g/mol. The largest absolute Gasteiger partial charge is 0.326 e. The topological polar surface area (TPSA) is 94.0 Å². The molecule has 0 saturated carbocycles. The second-order valence-corrected chi connectivity index (χ2v) is 3.22. The molecule has 1 aromatic rings. The minimum absolute atomic E-state index is 0.0458. The maximum atomic E-state index is 11.2. The average molecular weight is 232 g/mol. The molecule has 0 aromatic heterocycles. The lowest BCUT2D eigenvalue weighted by atomic mass is 10.3. The molecule has 17 heavy (non-hydrogen) atoms. The van der Waals surface area contributed by atoms with E-state index < -0.39 is 6.03 Å². The van der Waals surface area contributed by atoms with Gasteiger partial charge in [-0.3, -0.25) is 4.79 Å². The van der Waals surface area contributed by atoms with Crippen LogP contribution in [0.4, 0.5) is 16.2 Å². The Hall–Kier alpha value is -2.55. The van der Waals surface area contributed by atoms with Gasteiger partial charge in [0.1, 0.15) is 6.54 Å². The molecule has 0 aliphatic heterocycles. The van der Waals surface area contributed by atoms with Crippen LogP contribution in [0.2, 0.25) is 0 Å². The van der Waals surface area contributed by atoms with Gasteiger partial charge in [-0.1, -0.05) is 0 Å². The number of hydrogen-bond acceptors (Lipinski definition) is 3. The van der Waals surface area contributed by atoms with Crippen LogP contribution in [-0.4, -0.2) is 18.5 Å². The second kappa shape index (κ2) is 6.12. The highest BCUT2D eigenvalue weighted by molar-refractivity contribution is 5.91. The van der Waals surface area contributed by atoms with E-state index in [1.54, 1.807) is 30.3 Å². The Morgan fingerprint density at radius 1 is 1.18 bits per heavy atom. The van der Waals surface area contributed by atoms with E-state index in [0.717, 1.165) is 0 Å². The second-order valence-electron chi connectivity index (χ2n) is 3.22. The summed E-state index contributed by atoms with van der Waals surface area (Å²) in [6.07, 6.45) is 0. The molecule has 0 atom stereocenters. The van der Waals surface area contributed by atoms with Gasteiger partial charge in [0, 0.05) is 18.3 Å². The molecule has 0 heterocycles.